The van der Waals surface area contributed by atoms with Crippen LogP contribution in [0.15, 0.2) is 0 Å². The van der Waals surface area contributed by atoms with E-state index in [0.717, 1.165) is 0 Å². The average Bonchev–Trinajstić information content (AvgIpc) is 1.89. The van der Waals surface area contributed by atoms with Gasteiger partial charge >= 0.3 is 0 Å². The summed E-state index contributed by atoms with van der Waals surface area (Å²) in [4.78, 5) is 5.35. The molecule has 0 heterocycles. The van der Waals surface area contributed by atoms with E-state index in [-0.39, 0.29) is 13.2 Å². The average molecular weight is 126 g/mol. The molecule has 0 N–H and O–H groups in total. The molecule has 0 aromatic carbocycles. The van der Waals surface area contributed by atoms with Crippen molar-refractivity contribution in [2.45, 2.75) is 0 Å². The fraction of sp³-hybridized carbons (Fsp3) is 0.500. The molecule has 0 aromatic rings. The zero-order chi connectivity index (χ0) is 6.95. The minimum Gasteiger partial charge on any atom is -0.362 e. The van der Waals surface area contributed by atoms with Gasteiger partial charge in [-0.2, -0.15) is 9.58 Å². The lowest BCUT2D eigenvalue weighted by Crippen LogP contribution is -1.98. The van der Waals surface area contributed by atoms with Gasteiger partial charge in [0, 0.05) is 0 Å². The number of ether oxygens (including phenoxy) is 1. The van der Waals surface area contributed by atoms with Crippen molar-refractivity contribution in [3.05, 3.63) is 11.1 Å². The normalized spacial score (nSPS) is 7.11. The van der Waals surface area contributed by atoms with E-state index in [9.17, 15) is 0 Å². The molecule has 0 atom stereocenters. The van der Waals surface area contributed by atoms with Gasteiger partial charge in [0.05, 0.1) is 0 Å². The summed E-state index contributed by atoms with van der Waals surface area (Å²) in [6.07, 6.45) is 2.37. The van der Waals surface area contributed by atoms with Gasteiger partial charge in [-0.1, -0.05) is 0 Å². The Morgan fingerprint density at radius 3 is 1.89 bits per heavy atom. The third-order valence-corrected chi connectivity index (χ3v) is 0.548. The number of rotatable bonds is 4. The van der Waals surface area contributed by atoms with Crippen LogP contribution in [-0.2, 0) is 4.74 Å². The first kappa shape index (κ1) is 7.72. The maximum atomic E-state index is 7.83. The first-order valence-corrected chi connectivity index (χ1v) is 2.31. The maximum Gasteiger partial charge on any atom is 0.282 e. The number of nitrogens with zero attached hydrogens (tertiary/aromatic N) is 4. The number of hydrogen-bond donors (Lipinski definition) is 0. The zero-order valence-electron chi connectivity index (χ0n) is 4.77. The first-order chi connectivity index (χ1) is 4.41. The van der Waals surface area contributed by atoms with Gasteiger partial charge < -0.3 is 15.8 Å². The van der Waals surface area contributed by atoms with E-state index in [0.29, 0.717) is 0 Å². The molecule has 0 unspecified atom stereocenters. The molecule has 0 saturated carbocycles. The summed E-state index contributed by atoms with van der Waals surface area (Å²) in [6, 6.07) is 0. The monoisotopic (exact) mass is 126 g/mol. The molecule has 0 fully saturated rings. The topological polar surface area (TPSA) is 82.0 Å². The summed E-state index contributed by atoms with van der Waals surface area (Å²) in [7, 11) is 0. The minimum absolute atomic E-state index is 0.211. The van der Waals surface area contributed by atoms with Crippen LogP contribution >= 0.6 is 0 Å². The molecule has 0 aliphatic carbocycles. The molecule has 0 saturated heterocycles. The molecule has 0 aromatic heterocycles. The van der Waals surface area contributed by atoms with Crippen LogP contribution in [0.3, 0.4) is 0 Å². The van der Waals surface area contributed by atoms with Gasteiger partial charge in [-0.15, -0.1) is 0 Å². The second kappa shape index (κ2) is 6.72. The summed E-state index contributed by atoms with van der Waals surface area (Å²) in [5, 5.41) is 0. The highest BCUT2D eigenvalue weighted by atomic mass is 16.5. The van der Waals surface area contributed by atoms with Gasteiger partial charge in [0.25, 0.3) is 12.4 Å². The van der Waals surface area contributed by atoms with Crippen molar-refractivity contribution in [3.8, 4) is 0 Å². The minimum atomic E-state index is 0.211. The van der Waals surface area contributed by atoms with E-state index in [1.165, 1.54) is 12.4 Å². The molecule has 9 heavy (non-hydrogen) atoms. The largest absolute Gasteiger partial charge is 0.362 e. The molecule has 5 nitrogen and oxygen atoms in total. The van der Waals surface area contributed by atoms with Crippen LogP contribution in [-0.4, -0.2) is 35.2 Å². The highest BCUT2D eigenvalue weighted by Gasteiger charge is 1.84. The molecule has 0 radical (unpaired) electrons. The Labute approximate surface area is 52.1 Å². The Bertz CT molecular complexity index is 136. The zero-order valence-corrected chi connectivity index (χ0v) is 4.77. The molecular formula is C4H6N4O. The van der Waals surface area contributed by atoms with Crippen molar-refractivity contribution in [2.24, 2.45) is 0 Å². The van der Waals surface area contributed by atoms with Crippen molar-refractivity contribution >= 4 is 12.4 Å². The van der Waals surface area contributed by atoms with Crippen molar-refractivity contribution in [3.63, 3.8) is 0 Å². The molecular weight excluding hydrogens is 120 g/mol. The van der Waals surface area contributed by atoms with E-state index in [4.69, 9.17) is 15.8 Å². The molecule has 0 amide bonds. The van der Waals surface area contributed by atoms with Crippen LogP contribution in [0.1, 0.15) is 0 Å². The second-order valence-electron chi connectivity index (χ2n) is 1.13. The van der Waals surface area contributed by atoms with Gasteiger partial charge in [-0.05, 0) is 0 Å². The van der Waals surface area contributed by atoms with Crippen LogP contribution in [0.2, 0.25) is 0 Å². The van der Waals surface area contributed by atoms with Gasteiger partial charge in [0.1, 0.15) is 13.2 Å². The lowest BCUT2D eigenvalue weighted by Gasteiger charge is -1.81. The van der Waals surface area contributed by atoms with Crippen molar-refractivity contribution in [1.82, 2.24) is 0 Å². The second-order valence-corrected chi connectivity index (χ2v) is 1.13. The summed E-state index contributed by atoms with van der Waals surface area (Å²) >= 11 is 0. The van der Waals surface area contributed by atoms with E-state index < -0.39 is 0 Å². The van der Waals surface area contributed by atoms with Crippen LogP contribution in [0.25, 0.3) is 11.1 Å². The van der Waals surface area contributed by atoms with Crippen LogP contribution in [0, 0.1) is 0 Å². The summed E-state index contributed by atoms with van der Waals surface area (Å²) in [5.74, 6) is 0. The Hall–Kier alpha value is -1.28. The Kier molecular flexibility index (Phi) is 5.76. The van der Waals surface area contributed by atoms with Crippen molar-refractivity contribution < 1.29 is 14.3 Å². The molecule has 48 valence electrons. The third-order valence-electron chi connectivity index (χ3n) is 0.548. The molecule has 0 spiro atoms. The quantitative estimate of drug-likeness (QED) is 0.218. The smallest absolute Gasteiger partial charge is 0.282 e. The van der Waals surface area contributed by atoms with E-state index in [2.05, 4.69) is 9.58 Å². The summed E-state index contributed by atoms with van der Waals surface area (Å²) in [5.41, 5.74) is 15.7. The number of hydrogen-bond acceptors (Lipinski definition) is 1. The van der Waals surface area contributed by atoms with Gasteiger partial charge in [0.15, 0.2) is 0 Å². The lowest BCUT2D eigenvalue weighted by molar-refractivity contribution is -0.0134. The molecule has 0 aliphatic rings. The van der Waals surface area contributed by atoms with E-state index in [1.807, 2.05) is 0 Å². The van der Waals surface area contributed by atoms with E-state index >= 15 is 0 Å². The first-order valence-electron chi connectivity index (χ1n) is 2.31. The molecule has 0 aliphatic heterocycles. The SMILES string of the molecule is [N-]=[N+]=CCOCC=[N+]=[N-]. The maximum absolute atomic E-state index is 7.83. The molecule has 5 heteroatoms. The predicted molar refractivity (Wildman–Crippen MR) is 30.2 cm³/mol. The Balaban J connectivity index is 3.09. The van der Waals surface area contributed by atoms with Crippen molar-refractivity contribution in [1.29, 1.82) is 0 Å². The van der Waals surface area contributed by atoms with Gasteiger partial charge in [-0.3, -0.25) is 0 Å². The fourth-order valence-electron chi connectivity index (χ4n) is 0.240. The predicted octanol–water partition coefficient (Wildman–Crippen LogP) is -0.396. The molecule has 0 rings (SSSR count). The molecule has 0 bridgehead atoms. The highest BCUT2D eigenvalue weighted by Crippen LogP contribution is 1.62. The van der Waals surface area contributed by atoms with Crippen LogP contribution < -0.4 is 0 Å². The summed E-state index contributed by atoms with van der Waals surface area (Å²) in [6.45, 7) is 0.422. The standard InChI is InChI=1S/C4H6N4O/c5-7-1-3-9-4-2-8-6/h1-2H,3-4H2. The van der Waals surface area contributed by atoms with Crippen LogP contribution in [0.4, 0.5) is 0 Å². The Morgan fingerprint density at radius 1 is 1.11 bits per heavy atom. The van der Waals surface area contributed by atoms with Crippen molar-refractivity contribution in [2.75, 3.05) is 13.2 Å². The lowest BCUT2D eigenvalue weighted by atomic mass is 10.7. The van der Waals surface area contributed by atoms with Gasteiger partial charge in [-0.25, -0.2) is 0 Å². The van der Waals surface area contributed by atoms with E-state index in [1.54, 1.807) is 0 Å². The van der Waals surface area contributed by atoms with Gasteiger partial charge in [0.2, 0.25) is 0 Å². The van der Waals surface area contributed by atoms with Crippen LogP contribution in [0.5, 0.6) is 0 Å². The highest BCUT2D eigenvalue weighted by molar-refractivity contribution is 5.54. The summed E-state index contributed by atoms with van der Waals surface area (Å²) < 4.78 is 4.70. The third kappa shape index (κ3) is 6.72. The Morgan fingerprint density at radius 2 is 1.56 bits per heavy atom. The fourth-order valence-corrected chi connectivity index (χ4v) is 0.240.